The Balaban J connectivity index is 1.98. The van der Waals surface area contributed by atoms with E-state index in [1.165, 1.54) is 4.90 Å². The number of alkyl carbamates (subject to hydrolysis) is 1. The van der Waals surface area contributed by atoms with Gasteiger partial charge in [-0.3, -0.25) is 4.79 Å². The van der Waals surface area contributed by atoms with Crippen molar-refractivity contribution in [1.82, 2.24) is 10.2 Å². The number of rotatable bonds is 3. The van der Waals surface area contributed by atoms with Crippen LogP contribution >= 0.6 is 0 Å². The largest absolute Gasteiger partial charge is 0.480 e. The Morgan fingerprint density at radius 3 is 2.48 bits per heavy atom. The molecule has 0 spiro atoms. The van der Waals surface area contributed by atoms with Crippen molar-refractivity contribution >= 4 is 18.0 Å². The lowest BCUT2D eigenvalue weighted by Gasteiger charge is -2.33. The van der Waals surface area contributed by atoms with Crippen LogP contribution in [0.15, 0.2) is 0 Å². The third-order valence-corrected chi connectivity index (χ3v) is 4.44. The molecule has 0 aromatic heterocycles. The van der Waals surface area contributed by atoms with Gasteiger partial charge in [-0.15, -0.1) is 0 Å². The molecular formula is C16H26N2O5. The average molecular weight is 326 g/mol. The van der Waals surface area contributed by atoms with Crippen molar-refractivity contribution in [2.75, 3.05) is 6.54 Å². The van der Waals surface area contributed by atoms with Crippen molar-refractivity contribution in [3.05, 3.63) is 0 Å². The number of carbonyl (C=O) groups excluding carboxylic acids is 2. The quantitative estimate of drug-likeness (QED) is 0.824. The molecule has 1 saturated heterocycles. The molecule has 0 aromatic rings. The van der Waals surface area contributed by atoms with Crippen molar-refractivity contribution in [2.24, 2.45) is 5.92 Å². The number of hydrogen-bond acceptors (Lipinski definition) is 4. The molecule has 1 aliphatic heterocycles. The van der Waals surface area contributed by atoms with Gasteiger partial charge in [-0.1, -0.05) is 12.8 Å². The van der Waals surface area contributed by atoms with Crippen LogP contribution in [0.25, 0.3) is 0 Å². The summed E-state index contributed by atoms with van der Waals surface area (Å²) in [7, 11) is 0. The fourth-order valence-corrected chi connectivity index (χ4v) is 3.59. The van der Waals surface area contributed by atoms with E-state index in [0.29, 0.717) is 6.42 Å². The predicted molar refractivity (Wildman–Crippen MR) is 82.9 cm³/mol. The maximum Gasteiger partial charge on any atom is 0.408 e. The first-order valence-electron chi connectivity index (χ1n) is 8.20. The number of nitrogens with one attached hydrogen (secondary N) is 1. The zero-order valence-electron chi connectivity index (χ0n) is 14.0. The smallest absolute Gasteiger partial charge is 0.408 e. The fourth-order valence-electron chi connectivity index (χ4n) is 3.59. The molecule has 1 aliphatic carbocycles. The van der Waals surface area contributed by atoms with Crippen LogP contribution in [0.5, 0.6) is 0 Å². The first-order chi connectivity index (χ1) is 10.7. The van der Waals surface area contributed by atoms with Gasteiger partial charge in [0.15, 0.2) is 0 Å². The van der Waals surface area contributed by atoms with E-state index in [9.17, 15) is 19.5 Å². The second kappa shape index (κ2) is 6.76. The van der Waals surface area contributed by atoms with Crippen molar-refractivity contribution in [2.45, 2.75) is 70.6 Å². The lowest BCUT2D eigenvalue weighted by Crippen LogP contribution is -2.50. The number of aliphatic carboxylic acids is 1. The molecule has 0 bridgehead atoms. The summed E-state index contributed by atoms with van der Waals surface area (Å²) in [5.74, 6) is -1.06. The highest BCUT2D eigenvalue weighted by molar-refractivity contribution is 5.87. The Morgan fingerprint density at radius 1 is 1.22 bits per heavy atom. The molecule has 0 radical (unpaired) electrons. The molecule has 0 aromatic carbocycles. The van der Waals surface area contributed by atoms with Crippen LogP contribution in [-0.4, -0.2) is 52.2 Å². The lowest BCUT2D eigenvalue weighted by molar-refractivity contribution is -0.149. The molecule has 3 atom stereocenters. The fraction of sp³-hybridized carbons (Fsp3) is 0.812. The highest BCUT2D eigenvalue weighted by Gasteiger charge is 2.47. The zero-order valence-corrected chi connectivity index (χ0v) is 14.0. The monoisotopic (exact) mass is 326 g/mol. The molecule has 130 valence electrons. The van der Waals surface area contributed by atoms with E-state index in [-0.39, 0.29) is 24.4 Å². The van der Waals surface area contributed by atoms with Gasteiger partial charge in [0, 0.05) is 6.04 Å². The van der Waals surface area contributed by atoms with Gasteiger partial charge in [-0.25, -0.2) is 9.59 Å². The summed E-state index contributed by atoms with van der Waals surface area (Å²) in [5, 5.41) is 11.8. The third kappa shape index (κ3) is 4.36. The van der Waals surface area contributed by atoms with Crippen molar-refractivity contribution in [3.63, 3.8) is 0 Å². The first kappa shape index (κ1) is 17.6. The Kier molecular flexibility index (Phi) is 5.16. The van der Waals surface area contributed by atoms with E-state index >= 15 is 0 Å². The molecule has 2 N–H and O–H groups in total. The van der Waals surface area contributed by atoms with Crippen LogP contribution in [0.1, 0.15) is 52.9 Å². The van der Waals surface area contributed by atoms with E-state index in [1.807, 2.05) is 0 Å². The van der Waals surface area contributed by atoms with E-state index in [2.05, 4.69) is 5.32 Å². The van der Waals surface area contributed by atoms with E-state index in [1.54, 1.807) is 20.8 Å². The molecule has 23 heavy (non-hydrogen) atoms. The van der Waals surface area contributed by atoms with Gasteiger partial charge in [-0.2, -0.15) is 0 Å². The Labute approximate surface area is 136 Å². The summed E-state index contributed by atoms with van der Waals surface area (Å²) in [6.07, 6.45) is 3.75. The van der Waals surface area contributed by atoms with Crippen LogP contribution in [-0.2, 0) is 14.3 Å². The Bertz CT molecular complexity index is 485. The summed E-state index contributed by atoms with van der Waals surface area (Å²) in [5.41, 5.74) is -0.640. The summed E-state index contributed by atoms with van der Waals surface area (Å²) >= 11 is 0. The van der Waals surface area contributed by atoms with Crippen molar-refractivity contribution in [1.29, 1.82) is 0 Å². The summed E-state index contributed by atoms with van der Waals surface area (Å²) < 4.78 is 5.09. The molecule has 7 heteroatoms. The molecule has 2 rings (SSSR count). The second-order valence-electron chi connectivity index (χ2n) is 7.36. The molecule has 2 aliphatic rings. The highest BCUT2D eigenvalue weighted by Crippen LogP contribution is 2.39. The maximum absolute atomic E-state index is 12.5. The van der Waals surface area contributed by atoms with Crippen LogP contribution in [0, 0.1) is 5.92 Å². The number of fused-ring (bicyclic) bond motifs is 1. The van der Waals surface area contributed by atoms with E-state index in [0.717, 1.165) is 25.7 Å². The zero-order chi connectivity index (χ0) is 17.2. The van der Waals surface area contributed by atoms with Crippen molar-refractivity contribution in [3.8, 4) is 0 Å². The van der Waals surface area contributed by atoms with Crippen LogP contribution in [0.2, 0.25) is 0 Å². The number of hydrogen-bond donors (Lipinski definition) is 2. The summed E-state index contributed by atoms with van der Waals surface area (Å²) in [6, 6.07) is -0.797. The van der Waals surface area contributed by atoms with E-state index < -0.39 is 23.7 Å². The molecule has 0 unspecified atom stereocenters. The number of carboxylic acids is 1. The molecular weight excluding hydrogens is 300 g/mol. The van der Waals surface area contributed by atoms with Crippen LogP contribution in [0.4, 0.5) is 4.79 Å². The van der Waals surface area contributed by atoms with Crippen LogP contribution < -0.4 is 5.32 Å². The van der Waals surface area contributed by atoms with Crippen LogP contribution in [0.3, 0.4) is 0 Å². The van der Waals surface area contributed by atoms with Gasteiger partial charge in [0.1, 0.15) is 18.2 Å². The number of amides is 2. The normalized spacial score (nSPS) is 27.3. The summed E-state index contributed by atoms with van der Waals surface area (Å²) in [6.45, 7) is 4.98. The van der Waals surface area contributed by atoms with Gasteiger partial charge < -0.3 is 20.1 Å². The minimum absolute atomic E-state index is 0.0159. The van der Waals surface area contributed by atoms with Gasteiger partial charge in [0.2, 0.25) is 5.91 Å². The molecule has 2 amide bonds. The van der Waals surface area contributed by atoms with Gasteiger partial charge in [0.05, 0.1) is 0 Å². The van der Waals surface area contributed by atoms with Gasteiger partial charge in [0.25, 0.3) is 0 Å². The third-order valence-electron chi connectivity index (χ3n) is 4.44. The molecule has 1 saturated carbocycles. The highest BCUT2D eigenvalue weighted by atomic mass is 16.6. The Hall–Kier alpha value is -1.79. The minimum Gasteiger partial charge on any atom is -0.480 e. The average Bonchev–Trinajstić information content (AvgIpc) is 2.82. The number of ether oxygens (including phenoxy) is 1. The number of nitrogens with zero attached hydrogens (tertiary/aromatic N) is 1. The maximum atomic E-state index is 12.5. The lowest BCUT2D eigenvalue weighted by atomic mass is 9.85. The Morgan fingerprint density at radius 2 is 1.87 bits per heavy atom. The number of carboxylic acid groups (broad SMARTS) is 1. The van der Waals surface area contributed by atoms with E-state index in [4.69, 9.17) is 4.74 Å². The van der Waals surface area contributed by atoms with Gasteiger partial charge >= 0.3 is 12.1 Å². The minimum atomic E-state index is -0.968. The van der Waals surface area contributed by atoms with Crippen molar-refractivity contribution < 1.29 is 24.2 Å². The topological polar surface area (TPSA) is 95.9 Å². The number of likely N-dealkylation sites (tertiary alicyclic amines) is 1. The molecule has 1 heterocycles. The molecule has 7 nitrogen and oxygen atoms in total. The molecule has 2 fully saturated rings. The standard InChI is InChI=1S/C16H26N2O5/c1-16(2,3)23-15(22)17-9-13(19)18-11-7-5-4-6-10(11)8-12(18)14(20)21/h10-12H,4-9H2,1-3H3,(H,17,22)(H,20,21)/t10-,11-,12-/m0/s1. The second-order valence-corrected chi connectivity index (χ2v) is 7.36. The van der Waals surface area contributed by atoms with Gasteiger partial charge in [-0.05, 0) is 46.0 Å². The summed E-state index contributed by atoms with van der Waals surface area (Å²) in [4.78, 5) is 37.1. The first-order valence-corrected chi connectivity index (χ1v) is 8.20. The SMILES string of the molecule is CC(C)(C)OC(=O)NCC(=O)N1[C@H](C(=O)O)C[C@@H]2CCCC[C@@H]21. The number of carbonyl (C=O) groups is 3. The predicted octanol–water partition coefficient (Wildman–Crippen LogP) is 1.76.